The van der Waals surface area contributed by atoms with Gasteiger partial charge in [-0.25, -0.2) is 0 Å². The van der Waals surface area contributed by atoms with Crippen molar-refractivity contribution in [3.05, 3.63) is 56.7 Å². The van der Waals surface area contributed by atoms with Crippen LogP contribution in [-0.4, -0.2) is 13.1 Å². The van der Waals surface area contributed by atoms with Crippen molar-refractivity contribution in [1.29, 1.82) is 0 Å². The summed E-state index contributed by atoms with van der Waals surface area (Å²) in [7, 11) is 2.05. The molecule has 1 unspecified atom stereocenters. The number of nitrogens with one attached hydrogen (secondary N) is 1. The maximum absolute atomic E-state index is 3.51. The average molecular weight is 324 g/mol. The molecule has 0 aliphatic rings. The van der Waals surface area contributed by atoms with E-state index >= 15 is 0 Å². The van der Waals surface area contributed by atoms with Crippen molar-refractivity contribution in [2.75, 3.05) is 7.05 Å². The lowest BCUT2D eigenvalue weighted by Crippen LogP contribution is -2.27. The number of likely N-dealkylation sites (N-methyl/N-ethyl adjacent to an activating group) is 1. The highest BCUT2D eigenvalue weighted by molar-refractivity contribution is 9.10. The van der Waals surface area contributed by atoms with Crippen LogP contribution in [0.15, 0.2) is 46.3 Å². The van der Waals surface area contributed by atoms with Gasteiger partial charge in [-0.05, 0) is 53.9 Å². The first-order valence-corrected chi connectivity index (χ1v) is 7.89. The molecule has 0 spiro atoms. The summed E-state index contributed by atoms with van der Waals surface area (Å²) in [5, 5.41) is 5.57. The molecule has 0 saturated heterocycles. The second-order valence-corrected chi connectivity index (χ2v) is 6.36. The van der Waals surface area contributed by atoms with E-state index in [0.29, 0.717) is 6.04 Å². The third-order valence-electron chi connectivity index (χ3n) is 3.10. The molecule has 0 saturated carbocycles. The Labute approximate surface area is 121 Å². The Balaban J connectivity index is 1.86. The summed E-state index contributed by atoms with van der Waals surface area (Å²) in [6, 6.07) is 13.5. The largest absolute Gasteiger partial charge is 0.317 e. The summed E-state index contributed by atoms with van der Waals surface area (Å²) in [4.78, 5) is 1.44. The quantitative estimate of drug-likeness (QED) is 0.836. The Morgan fingerprint density at radius 2 is 2.06 bits per heavy atom. The molecular formula is C15H18BrNS. The molecule has 1 aromatic carbocycles. The minimum absolute atomic E-state index is 0.552. The third kappa shape index (κ3) is 4.23. The second-order valence-electron chi connectivity index (χ2n) is 4.45. The normalized spacial score (nSPS) is 12.6. The van der Waals surface area contributed by atoms with Gasteiger partial charge in [-0.3, -0.25) is 0 Å². The first-order chi connectivity index (χ1) is 8.78. The van der Waals surface area contributed by atoms with Gasteiger partial charge in [0.15, 0.2) is 0 Å². The van der Waals surface area contributed by atoms with Crippen molar-refractivity contribution < 1.29 is 0 Å². The highest BCUT2D eigenvalue weighted by Gasteiger charge is 2.09. The fourth-order valence-corrected chi connectivity index (χ4v) is 3.57. The predicted octanol–water partition coefficient (Wildman–Crippen LogP) is 4.27. The summed E-state index contributed by atoms with van der Waals surface area (Å²) in [5.74, 6) is 0. The van der Waals surface area contributed by atoms with E-state index in [0.717, 1.165) is 12.8 Å². The van der Waals surface area contributed by atoms with E-state index in [4.69, 9.17) is 0 Å². The molecule has 0 bridgehead atoms. The van der Waals surface area contributed by atoms with E-state index in [1.165, 1.54) is 21.3 Å². The third-order valence-corrected chi connectivity index (χ3v) is 4.82. The lowest BCUT2D eigenvalue weighted by molar-refractivity contribution is 0.523. The van der Waals surface area contributed by atoms with Crippen LogP contribution in [0.25, 0.3) is 0 Å². The topological polar surface area (TPSA) is 12.0 Å². The van der Waals surface area contributed by atoms with Crippen LogP contribution < -0.4 is 5.32 Å². The van der Waals surface area contributed by atoms with Crippen LogP contribution in [0.1, 0.15) is 16.9 Å². The van der Waals surface area contributed by atoms with Crippen LogP contribution in [0.4, 0.5) is 0 Å². The molecule has 1 aromatic heterocycles. The molecule has 1 nitrogen and oxygen atoms in total. The van der Waals surface area contributed by atoms with Gasteiger partial charge in [-0.1, -0.05) is 30.3 Å². The zero-order chi connectivity index (χ0) is 12.8. The van der Waals surface area contributed by atoms with Gasteiger partial charge in [0, 0.05) is 20.8 Å². The summed E-state index contributed by atoms with van der Waals surface area (Å²) in [5.41, 5.74) is 1.42. The smallest absolute Gasteiger partial charge is 0.0285 e. The Morgan fingerprint density at radius 3 is 2.67 bits per heavy atom. The van der Waals surface area contributed by atoms with Crippen molar-refractivity contribution in [2.45, 2.75) is 25.3 Å². The summed E-state index contributed by atoms with van der Waals surface area (Å²) in [6.45, 7) is 0. The zero-order valence-corrected chi connectivity index (χ0v) is 12.9. The van der Waals surface area contributed by atoms with Crippen LogP contribution in [0.3, 0.4) is 0 Å². The van der Waals surface area contributed by atoms with Gasteiger partial charge in [-0.2, -0.15) is 0 Å². The van der Waals surface area contributed by atoms with Crippen LogP contribution >= 0.6 is 27.3 Å². The molecule has 0 amide bonds. The van der Waals surface area contributed by atoms with Gasteiger partial charge in [0.1, 0.15) is 0 Å². The number of thiophene rings is 1. The Morgan fingerprint density at radius 1 is 1.28 bits per heavy atom. The molecule has 0 fully saturated rings. The van der Waals surface area contributed by atoms with E-state index in [1.54, 1.807) is 0 Å². The van der Waals surface area contributed by atoms with E-state index < -0.39 is 0 Å². The molecule has 1 N–H and O–H groups in total. The first kappa shape index (κ1) is 13.8. The van der Waals surface area contributed by atoms with Gasteiger partial charge >= 0.3 is 0 Å². The van der Waals surface area contributed by atoms with Crippen LogP contribution in [-0.2, 0) is 12.8 Å². The Hall–Kier alpha value is -0.640. The zero-order valence-electron chi connectivity index (χ0n) is 10.5. The van der Waals surface area contributed by atoms with Crippen molar-refractivity contribution in [3.63, 3.8) is 0 Å². The van der Waals surface area contributed by atoms with E-state index in [9.17, 15) is 0 Å². The lowest BCUT2D eigenvalue weighted by Gasteiger charge is -2.15. The number of hydrogen-bond acceptors (Lipinski definition) is 2. The van der Waals surface area contributed by atoms with Gasteiger partial charge in [0.05, 0.1) is 0 Å². The standard InChI is InChI=1S/C15H18BrNS/c1-17-14(10-15-9-13(16)11-18-15)8-7-12-5-3-2-4-6-12/h2-6,9,11,14,17H,7-8,10H2,1H3. The predicted molar refractivity (Wildman–Crippen MR) is 83.3 cm³/mol. The molecule has 3 heteroatoms. The molecule has 1 atom stereocenters. The fraction of sp³-hybridized carbons (Fsp3) is 0.333. The lowest BCUT2D eigenvalue weighted by atomic mass is 10.0. The summed E-state index contributed by atoms with van der Waals surface area (Å²) in [6.07, 6.45) is 3.43. The van der Waals surface area contributed by atoms with Crippen molar-refractivity contribution in [1.82, 2.24) is 5.32 Å². The molecule has 2 rings (SSSR count). The maximum Gasteiger partial charge on any atom is 0.0285 e. The monoisotopic (exact) mass is 323 g/mol. The van der Waals surface area contributed by atoms with Crippen LogP contribution in [0.2, 0.25) is 0 Å². The number of halogens is 1. The molecule has 0 aliphatic heterocycles. The fourth-order valence-electron chi connectivity index (χ4n) is 2.04. The van der Waals surface area contributed by atoms with E-state index in [-0.39, 0.29) is 0 Å². The molecule has 2 aromatic rings. The van der Waals surface area contributed by atoms with Crippen molar-refractivity contribution in [2.24, 2.45) is 0 Å². The van der Waals surface area contributed by atoms with Gasteiger partial charge in [0.2, 0.25) is 0 Å². The van der Waals surface area contributed by atoms with Crippen molar-refractivity contribution >= 4 is 27.3 Å². The van der Waals surface area contributed by atoms with Gasteiger partial charge in [0.25, 0.3) is 0 Å². The number of aryl methyl sites for hydroxylation is 1. The summed E-state index contributed by atoms with van der Waals surface area (Å²) >= 11 is 5.34. The van der Waals surface area contributed by atoms with E-state index in [1.807, 2.05) is 11.3 Å². The minimum Gasteiger partial charge on any atom is -0.317 e. The first-order valence-electron chi connectivity index (χ1n) is 6.22. The molecule has 1 heterocycles. The molecule has 96 valence electrons. The number of rotatable bonds is 6. The number of hydrogen-bond donors (Lipinski definition) is 1. The Bertz CT molecular complexity index is 466. The molecule has 18 heavy (non-hydrogen) atoms. The molecule has 0 radical (unpaired) electrons. The highest BCUT2D eigenvalue weighted by Crippen LogP contribution is 2.21. The minimum atomic E-state index is 0.552. The molecule has 0 aliphatic carbocycles. The van der Waals surface area contributed by atoms with Crippen LogP contribution in [0.5, 0.6) is 0 Å². The van der Waals surface area contributed by atoms with E-state index in [2.05, 4.69) is 70.1 Å². The second kappa shape index (κ2) is 7.07. The summed E-state index contributed by atoms with van der Waals surface area (Å²) < 4.78 is 1.19. The molecular weight excluding hydrogens is 306 g/mol. The average Bonchev–Trinajstić information content (AvgIpc) is 2.81. The SMILES string of the molecule is CNC(CCc1ccccc1)Cc1cc(Br)cs1. The number of benzene rings is 1. The van der Waals surface area contributed by atoms with Gasteiger partial charge < -0.3 is 5.32 Å². The van der Waals surface area contributed by atoms with Crippen molar-refractivity contribution in [3.8, 4) is 0 Å². The Kier molecular flexibility index (Phi) is 5.42. The van der Waals surface area contributed by atoms with Crippen LogP contribution in [0, 0.1) is 0 Å². The maximum atomic E-state index is 3.51. The highest BCUT2D eigenvalue weighted by atomic mass is 79.9. The van der Waals surface area contributed by atoms with Gasteiger partial charge in [-0.15, -0.1) is 11.3 Å².